The lowest BCUT2D eigenvalue weighted by Gasteiger charge is -1.94. The molecule has 0 aliphatic carbocycles. The molecule has 52 valence electrons. The number of carboxylic acids is 1. The Morgan fingerprint density at radius 3 is 2.44 bits per heavy atom. The van der Waals surface area contributed by atoms with E-state index in [4.69, 9.17) is 5.11 Å². The second kappa shape index (κ2) is 3.95. The van der Waals surface area contributed by atoms with E-state index in [9.17, 15) is 4.79 Å². The van der Waals surface area contributed by atoms with E-state index in [1.165, 1.54) is 13.4 Å². The van der Waals surface area contributed by atoms with Gasteiger partial charge in [0.15, 0.2) is 0 Å². The molecule has 0 atom stereocenters. The maximum atomic E-state index is 10.2. The number of aliphatic carboxylic acids is 1. The van der Waals surface area contributed by atoms with Gasteiger partial charge in [0.25, 0.3) is 0 Å². The Morgan fingerprint density at radius 1 is 1.78 bits per heavy atom. The van der Waals surface area contributed by atoms with Crippen molar-refractivity contribution in [3.8, 4) is 0 Å². The molecule has 0 heterocycles. The van der Waals surface area contributed by atoms with Crippen LogP contribution in [0.25, 0.3) is 0 Å². The minimum absolute atomic E-state index is 0.289. The average molecular weight is 130 g/mol. The van der Waals surface area contributed by atoms with E-state index < -0.39 is 5.97 Å². The Balaban J connectivity index is 3.98. The normalized spacial score (nSPS) is 11.1. The Bertz CT molecular complexity index is 126. The Kier molecular flexibility index (Phi) is 3.51. The van der Waals surface area contributed by atoms with Gasteiger partial charge in [-0.05, 0) is 6.42 Å². The van der Waals surface area contributed by atoms with Crippen LogP contribution in [0.2, 0.25) is 0 Å². The summed E-state index contributed by atoms with van der Waals surface area (Å²) >= 11 is 0. The van der Waals surface area contributed by atoms with E-state index in [-0.39, 0.29) is 5.57 Å². The number of hydrogen-bond donors (Lipinski definition) is 1. The molecule has 0 radical (unpaired) electrons. The summed E-state index contributed by atoms with van der Waals surface area (Å²) < 4.78 is 4.51. The number of rotatable bonds is 3. The van der Waals surface area contributed by atoms with Crippen molar-refractivity contribution in [2.24, 2.45) is 0 Å². The average Bonchev–Trinajstić information content (AvgIpc) is 1.82. The number of carbonyl (C=O) groups is 1. The number of ether oxygens (including phenoxy) is 1. The van der Waals surface area contributed by atoms with Gasteiger partial charge in [-0.1, -0.05) is 6.92 Å². The zero-order chi connectivity index (χ0) is 7.28. The predicted octanol–water partition coefficient (Wildman–Crippen LogP) is 1.01. The lowest BCUT2D eigenvalue weighted by atomic mass is 10.2. The van der Waals surface area contributed by atoms with Crippen LogP contribution in [0, 0.1) is 0 Å². The molecule has 0 bridgehead atoms. The molecule has 0 aromatic carbocycles. The first kappa shape index (κ1) is 8.01. The van der Waals surface area contributed by atoms with E-state index in [0.29, 0.717) is 6.42 Å². The zero-order valence-corrected chi connectivity index (χ0v) is 5.55. The number of carboxylic acid groups (broad SMARTS) is 1. The lowest BCUT2D eigenvalue weighted by Crippen LogP contribution is -1.98. The quantitative estimate of drug-likeness (QED) is 0.458. The highest BCUT2D eigenvalue weighted by Crippen LogP contribution is 1.98. The van der Waals surface area contributed by atoms with Crippen molar-refractivity contribution in [1.29, 1.82) is 0 Å². The summed E-state index contributed by atoms with van der Waals surface area (Å²) in [5, 5.41) is 8.36. The minimum atomic E-state index is -0.917. The third-order valence-corrected chi connectivity index (χ3v) is 0.916. The lowest BCUT2D eigenvalue weighted by molar-refractivity contribution is -0.132. The van der Waals surface area contributed by atoms with E-state index in [1.54, 1.807) is 6.92 Å². The summed E-state index contributed by atoms with van der Waals surface area (Å²) in [6, 6.07) is 0. The summed E-state index contributed by atoms with van der Waals surface area (Å²) in [5.41, 5.74) is 0.289. The number of hydrogen-bond acceptors (Lipinski definition) is 2. The van der Waals surface area contributed by atoms with Crippen LogP contribution < -0.4 is 0 Å². The van der Waals surface area contributed by atoms with Gasteiger partial charge in [-0.2, -0.15) is 0 Å². The molecular formula is C6H10O3. The smallest absolute Gasteiger partial charge is 0.334 e. The summed E-state index contributed by atoms with van der Waals surface area (Å²) in [5.74, 6) is -0.917. The summed E-state index contributed by atoms with van der Waals surface area (Å²) in [7, 11) is 1.43. The maximum absolute atomic E-state index is 10.2. The van der Waals surface area contributed by atoms with Crippen LogP contribution in [0.5, 0.6) is 0 Å². The van der Waals surface area contributed by atoms with Gasteiger partial charge < -0.3 is 9.84 Å². The van der Waals surface area contributed by atoms with Crippen molar-refractivity contribution in [3.63, 3.8) is 0 Å². The molecule has 1 N–H and O–H groups in total. The van der Waals surface area contributed by atoms with Crippen molar-refractivity contribution in [2.45, 2.75) is 13.3 Å². The number of methoxy groups -OCH3 is 1. The largest absolute Gasteiger partial charge is 0.504 e. The van der Waals surface area contributed by atoms with Crippen molar-refractivity contribution >= 4 is 5.97 Å². The van der Waals surface area contributed by atoms with Crippen LogP contribution in [0.1, 0.15) is 13.3 Å². The molecule has 0 rings (SSSR count). The SMILES string of the molecule is CCC(=COC)C(=O)O. The first-order valence-electron chi connectivity index (χ1n) is 2.67. The molecule has 0 unspecified atom stereocenters. The van der Waals surface area contributed by atoms with Crippen LogP contribution in [-0.2, 0) is 9.53 Å². The van der Waals surface area contributed by atoms with E-state index >= 15 is 0 Å². The second-order valence-electron chi connectivity index (χ2n) is 1.54. The van der Waals surface area contributed by atoms with Gasteiger partial charge in [0.2, 0.25) is 0 Å². The monoisotopic (exact) mass is 130 g/mol. The summed E-state index contributed by atoms with van der Waals surface area (Å²) in [6.45, 7) is 1.76. The fourth-order valence-electron chi connectivity index (χ4n) is 0.427. The van der Waals surface area contributed by atoms with Gasteiger partial charge in [0, 0.05) is 0 Å². The molecule has 0 aromatic heterocycles. The first-order valence-corrected chi connectivity index (χ1v) is 2.67. The van der Waals surface area contributed by atoms with Crippen molar-refractivity contribution in [2.75, 3.05) is 7.11 Å². The third kappa shape index (κ3) is 2.74. The minimum Gasteiger partial charge on any atom is -0.504 e. The van der Waals surface area contributed by atoms with Crippen LogP contribution in [0.15, 0.2) is 11.8 Å². The highest BCUT2D eigenvalue weighted by atomic mass is 16.5. The molecule has 0 aliphatic rings. The topological polar surface area (TPSA) is 46.5 Å². The molecule has 0 amide bonds. The molecular weight excluding hydrogens is 120 g/mol. The first-order chi connectivity index (χ1) is 4.22. The molecule has 9 heavy (non-hydrogen) atoms. The Hall–Kier alpha value is -0.990. The van der Waals surface area contributed by atoms with E-state index in [0.717, 1.165) is 0 Å². The molecule has 0 saturated carbocycles. The third-order valence-electron chi connectivity index (χ3n) is 0.916. The van der Waals surface area contributed by atoms with Crippen LogP contribution >= 0.6 is 0 Å². The summed E-state index contributed by atoms with van der Waals surface area (Å²) in [6.07, 6.45) is 1.73. The Morgan fingerprint density at radius 2 is 2.33 bits per heavy atom. The maximum Gasteiger partial charge on any atom is 0.334 e. The molecule has 0 fully saturated rings. The van der Waals surface area contributed by atoms with Gasteiger partial charge in [-0.15, -0.1) is 0 Å². The Labute approximate surface area is 53.9 Å². The van der Waals surface area contributed by atoms with E-state index in [1.807, 2.05) is 0 Å². The molecule has 3 nitrogen and oxygen atoms in total. The van der Waals surface area contributed by atoms with Crippen LogP contribution in [-0.4, -0.2) is 18.2 Å². The van der Waals surface area contributed by atoms with Crippen molar-refractivity contribution in [1.82, 2.24) is 0 Å². The molecule has 0 saturated heterocycles. The fraction of sp³-hybridized carbons (Fsp3) is 0.500. The van der Waals surface area contributed by atoms with Crippen molar-refractivity contribution in [3.05, 3.63) is 11.8 Å². The van der Waals surface area contributed by atoms with E-state index in [2.05, 4.69) is 4.74 Å². The van der Waals surface area contributed by atoms with Crippen molar-refractivity contribution < 1.29 is 14.6 Å². The molecule has 0 spiro atoms. The molecule has 3 heteroatoms. The van der Waals surface area contributed by atoms with Gasteiger partial charge in [0.05, 0.1) is 18.9 Å². The van der Waals surface area contributed by atoms with Gasteiger partial charge in [0.1, 0.15) is 0 Å². The van der Waals surface area contributed by atoms with Gasteiger partial charge in [-0.25, -0.2) is 4.79 Å². The second-order valence-corrected chi connectivity index (χ2v) is 1.54. The van der Waals surface area contributed by atoms with Crippen LogP contribution in [0.3, 0.4) is 0 Å². The molecule has 0 aliphatic heterocycles. The summed E-state index contributed by atoms with van der Waals surface area (Å²) in [4.78, 5) is 10.2. The van der Waals surface area contributed by atoms with Gasteiger partial charge in [-0.3, -0.25) is 0 Å². The van der Waals surface area contributed by atoms with Gasteiger partial charge >= 0.3 is 5.97 Å². The fourth-order valence-corrected chi connectivity index (χ4v) is 0.427. The molecule has 0 aromatic rings. The van der Waals surface area contributed by atoms with Crippen LogP contribution in [0.4, 0.5) is 0 Å². The standard InChI is InChI=1S/C6H10O3/c1-3-5(4-9-2)6(7)8/h4H,3H2,1-2H3,(H,7,8). The predicted molar refractivity (Wildman–Crippen MR) is 33.0 cm³/mol. The highest BCUT2D eigenvalue weighted by molar-refractivity contribution is 5.86. The zero-order valence-electron chi connectivity index (χ0n) is 5.55. The highest BCUT2D eigenvalue weighted by Gasteiger charge is 2.02.